The van der Waals surface area contributed by atoms with Gasteiger partial charge in [0.15, 0.2) is 0 Å². The molecule has 0 aromatic heterocycles. The van der Waals surface area contributed by atoms with E-state index < -0.39 is 0 Å². The summed E-state index contributed by atoms with van der Waals surface area (Å²) in [5.41, 5.74) is 8.38. The fourth-order valence-corrected chi connectivity index (χ4v) is 3.25. The van der Waals surface area contributed by atoms with E-state index in [0.717, 1.165) is 19.6 Å². The van der Waals surface area contributed by atoms with Crippen molar-refractivity contribution in [3.8, 4) is 0 Å². The molecule has 1 aromatic carbocycles. The minimum atomic E-state index is 0.649. The molecule has 104 valence electrons. The smallest absolute Gasteiger partial charge is 0.0236 e. The molecular formula is C17H26N2. The summed E-state index contributed by atoms with van der Waals surface area (Å²) in [5, 5.41) is 0. The Morgan fingerprint density at radius 2 is 2.05 bits per heavy atom. The Morgan fingerprint density at radius 3 is 2.68 bits per heavy atom. The van der Waals surface area contributed by atoms with Gasteiger partial charge in [-0.25, -0.2) is 0 Å². The third-order valence-corrected chi connectivity index (χ3v) is 4.37. The molecule has 2 N–H and O–H groups in total. The van der Waals surface area contributed by atoms with Crippen LogP contribution in [-0.2, 0) is 0 Å². The SMILES string of the molecule is C=C(CN(CC)C1CCCC1CN)c1ccccc1. The van der Waals surface area contributed by atoms with Crippen LogP contribution in [0.15, 0.2) is 36.9 Å². The number of rotatable bonds is 6. The Hall–Kier alpha value is -1.12. The van der Waals surface area contributed by atoms with E-state index in [9.17, 15) is 0 Å². The monoisotopic (exact) mass is 258 g/mol. The van der Waals surface area contributed by atoms with Crippen LogP contribution in [0.25, 0.3) is 5.57 Å². The molecule has 0 radical (unpaired) electrons. The van der Waals surface area contributed by atoms with Crippen molar-refractivity contribution in [3.63, 3.8) is 0 Å². The molecule has 1 aromatic rings. The maximum absolute atomic E-state index is 5.91. The van der Waals surface area contributed by atoms with Crippen molar-refractivity contribution in [3.05, 3.63) is 42.5 Å². The number of nitrogens with two attached hydrogens (primary N) is 1. The van der Waals surface area contributed by atoms with E-state index in [1.165, 1.54) is 30.4 Å². The van der Waals surface area contributed by atoms with Crippen molar-refractivity contribution in [1.29, 1.82) is 0 Å². The number of benzene rings is 1. The van der Waals surface area contributed by atoms with Crippen LogP contribution in [0.1, 0.15) is 31.7 Å². The second kappa shape index (κ2) is 6.88. The van der Waals surface area contributed by atoms with Crippen molar-refractivity contribution >= 4 is 5.57 Å². The molecule has 2 unspecified atom stereocenters. The largest absolute Gasteiger partial charge is 0.330 e. The predicted molar refractivity (Wildman–Crippen MR) is 82.9 cm³/mol. The van der Waals surface area contributed by atoms with Crippen LogP contribution in [0.5, 0.6) is 0 Å². The first kappa shape index (κ1) is 14.3. The molecule has 1 aliphatic rings. The first-order chi connectivity index (χ1) is 9.26. The molecule has 2 heteroatoms. The quantitative estimate of drug-likeness (QED) is 0.849. The fraction of sp³-hybridized carbons (Fsp3) is 0.529. The Labute approximate surface area is 117 Å². The van der Waals surface area contributed by atoms with Crippen molar-refractivity contribution in [2.24, 2.45) is 11.7 Å². The lowest BCUT2D eigenvalue weighted by Gasteiger charge is -2.32. The van der Waals surface area contributed by atoms with Gasteiger partial charge in [-0.1, -0.05) is 50.3 Å². The highest BCUT2D eigenvalue weighted by molar-refractivity contribution is 5.64. The van der Waals surface area contributed by atoms with E-state index >= 15 is 0 Å². The van der Waals surface area contributed by atoms with Crippen LogP contribution in [0.4, 0.5) is 0 Å². The molecule has 19 heavy (non-hydrogen) atoms. The summed E-state index contributed by atoms with van der Waals surface area (Å²) >= 11 is 0. The van der Waals surface area contributed by atoms with E-state index in [4.69, 9.17) is 5.73 Å². The van der Waals surface area contributed by atoms with Crippen LogP contribution in [0.3, 0.4) is 0 Å². The molecule has 0 heterocycles. The van der Waals surface area contributed by atoms with Crippen LogP contribution in [0, 0.1) is 5.92 Å². The predicted octanol–water partition coefficient (Wildman–Crippen LogP) is 3.15. The molecule has 0 amide bonds. The first-order valence-electron chi connectivity index (χ1n) is 7.43. The number of nitrogens with zero attached hydrogens (tertiary/aromatic N) is 1. The van der Waals surface area contributed by atoms with Gasteiger partial charge in [-0.3, -0.25) is 4.90 Å². The Balaban J connectivity index is 2.01. The van der Waals surface area contributed by atoms with Gasteiger partial charge < -0.3 is 5.73 Å². The Morgan fingerprint density at radius 1 is 1.32 bits per heavy atom. The van der Waals surface area contributed by atoms with E-state index in [1.807, 2.05) is 0 Å². The number of likely N-dealkylation sites (N-methyl/N-ethyl adjacent to an activating group) is 1. The van der Waals surface area contributed by atoms with E-state index in [2.05, 4.69) is 48.7 Å². The second-order valence-electron chi connectivity index (χ2n) is 5.53. The zero-order valence-electron chi connectivity index (χ0n) is 12.0. The van der Waals surface area contributed by atoms with E-state index in [0.29, 0.717) is 12.0 Å². The molecule has 0 spiro atoms. The van der Waals surface area contributed by atoms with E-state index in [-0.39, 0.29) is 0 Å². The highest BCUT2D eigenvalue weighted by Crippen LogP contribution is 2.30. The molecule has 2 atom stereocenters. The van der Waals surface area contributed by atoms with Crippen LogP contribution < -0.4 is 5.73 Å². The van der Waals surface area contributed by atoms with Crippen LogP contribution in [-0.4, -0.2) is 30.6 Å². The van der Waals surface area contributed by atoms with Gasteiger partial charge in [-0.15, -0.1) is 0 Å². The standard InChI is InChI=1S/C17H26N2/c1-3-19(17-11-7-10-16(17)12-18)13-14(2)15-8-5-4-6-9-15/h4-6,8-9,16-17H,2-3,7,10-13,18H2,1H3. The molecule has 0 saturated heterocycles. The summed E-state index contributed by atoms with van der Waals surface area (Å²) in [6.07, 6.45) is 3.90. The number of hydrogen-bond acceptors (Lipinski definition) is 2. The molecule has 1 aliphatic carbocycles. The average molecular weight is 258 g/mol. The van der Waals surface area contributed by atoms with Gasteiger partial charge in [0.1, 0.15) is 0 Å². The van der Waals surface area contributed by atoms with Crippen LogP contribution in [0.2, 0.25) is 0 Å². The van der Waals surface area contributed by atoms with Crippen molar-refractivity contribution in [2.45, 2.75) is 32.2 Å². The maximum atomic E-state index is 5.91. The lowest BCUT2D eigenvalue weighted by atomic mass is 10.0. The molecule has 0 bridgehead atoms. The summed E-state index contributed by atoms with van der Waals surface area (Å²) < 4.78 is 0. The van der Waals surface area contributed by atoms with Gasteiger partial charge in [-0.05, 0) is 43.0 Å². The first-order valence-corrected chi connectivity index (χ1v) is 7.43. The molecule has 2 rings (SSSR count). The van der Waals surface area contributed by atoms with Gasteiger partial charge in [0.05, 0.1) is 0 Å². The Bertz CT molecular complexity index is 399. The minimum Gasteiger partial charge on any atom is -0.330 e. The zero-order valence-corrected chi connectivity index (χ0v) is 12.0. The molecular weight excluding hydrogens is 232 g/mol. The van der Waals surface area contributed by atoms with Gasteiger partial charge in [0, 0.05) is 12.6 Å². The van der Waals surface area contributed by atoms with Crippen molar-refractivity contribution in [2.75, 3.05) is 19.6 Å². The van der Waals surface area contributed by atoms with Gasteiger partial charge in [0.25, 0.3) is 0 Å². The van der Waals surface area contributed by atoms with Crippen molar-refractivity contribution < 1.29 is 0 Å². The summed E-state index contributed by atoms with van der Waals surface area (Å²) in [7, 11) is 0. The van der Waals surface area contributed by atoms with Gasteiger partial charge in [0.2, 0.25) is 0 Å². The summed E-state index contributed by atoms with van der Waals surface area (Å²) in [5.74, 6) is 0.670. The topological polar surface area (TPSA) is 29.3 Å². The normalized spacial score (nSPS) is 22.9. The van der Waals surface area contributed by atoms with Crippen molar-refractivity contribution in [1.82, 2.24) is 4.90 Å². The number of hydrogen-bond donors (Lipinski definition) is 1. The van der Waals surface area contributed by atoms with E-state index in [1.54, 1.807) is 0 Å². The lowest BCUT2D eigenvalue weighted by molar-refractivity contribution is 0.191. The minimum absolute atomic E-state index is 0.649. The molecule has 0 aliphatic heterocycles. The lowest BCUT2D eigenvalue weighted by Crippen LogP contribution is -2.41. The third kappa shape index (κ3) is 3.46. The third-order valence-electron chi connectivity index (χ3n) is 4.37. The molecule has 2 nitrogen and oxygen atoms in total. The molecule has 1 fully saturated rings. The molecule has 1 saturated carbocycles. The second-order valence-corrected chi connectivity index (χ2v) is 5.53. The highest BCUT2D eigenvalue weighted by atomic mass is 15.2. The summed E-state index contributed by atoms with van der Waals surface area (Å²) in [6, 6.07) is 11.1. The Kier molecular flexibility index (Phi) is 5.17. The maximum Gasteiger partial charge on any atom is 0.0236 e. The highest BCUT2D eigenvalue weighted by Gasteiger charge is 2.30. The van der Waals surface area contributed by atoms with Gasteiger partial charge >= 0.3 is 0 Å². The van der Waals surface area contributed by atoms with Gasteiger partial charge in [-0.2, -0.15) is 0 Å². The zero-order chi connectivity index (χ0) is 13.7. The summed E-state index contributed by atoms with van der Waals surface area (Å²) in [4.78, 5) is 2.56. The fourth-order valence-electron chi connectivity index (χ4n) is 3.25. The van der Waals surface area contributed by atoms with Crippen LogP contribution >= 0.6 is 0 Å². The summed E-state index contributed by atoms with van der Waals surface area (Å²) in [6.45, 7) is 9.36. The average Bonchev–Trinajstić information content (AvgIpc) is 2.93.